The lowest BCUT2D eigenvalue weighted by molar-refractivity contribution is -0.193. The number of alkyl halides is 3. The van der Waals surface area contributed by atoms with E-state index in [2.05, 4.69) is 10.5 Å². The number of carbonyl (C=O) groups excluding carboxylic acids is 1. The van der Waals surface area contributed by atoms with Crippen molar-refractivity contribution >= 4 is 11.6 Å². The number of benzene rings is 2. The summed E-state index contributed by atoms with van der Waals surface area (Å²) in [4.78, 5) is 23.6. The topological polar surface area (TPSA) is 58.5 Å². The van der Waals surface area contributed by atoms with E-state index in [0.29, 0.717) is 5.69 Å². The molecule has 0 saturated heterocycles. The largest absolute Gasteiger partial charge is 0.421 e. The second-order valence-corrected chi connectivity index (χ2v) is 7.78. The lowest BCUT2D eigenvalue weighted by Crippen LogP contribution is -2.41. The van der Waals surface area contributed by atoms with Gasteiger partial charge in [-0.1, -0.05) is 49.7 Å². The van der Waals surface area contributed by atoms with Crippen LogP contribution in [-0.4, -0.2) is 12.1 Å². The first kappa shape index (κ1) is 22.6. The molecule has 1 unspecified atom stereocenters. The summed E-state index contributed by atoms with van der Waals surface area (Å²) in [5.41, 5.74) is 0.290. The summed E-state index contributed by atoms with van der Waals surface area (Å²) >= 11 is 0. The number of nitrogens with zero attached hydrogens (tertiary/aromatic N) is 1. The summed E-state index contributed by atoms with van der Waals surface area (Å²) in [6.07, 6.45) is -5.10. The number of halogens is 3. The first-order valence-electron chi connectivity index (χ1n) is 9.36. The zero-order valence-corrected chi connectivity index (χ0v) is 16.9. The quantitative estimate of drug-likeness (QED) is 0.569. The van der Waals surface area contributed by atoms with Crippen molar-refractivity contribution < 1.29 is 18.0 Å². The van der Waals surface area contributed by atoms with Gasteiger partial charge >= 0.3 is 6.18 Å². The average Bonchev–Trinajstić information content (AvgIpc) is 2.61. The van der Waals surface area contributed by atoms with Gasteiger partial charge in [0.2, 0.25) is 11.4 Å². The Balaban J connectivity index is 2.20. The van der Waals surface area contributed by atoms with Crippen LogP contribution in [0.25, 0.3) is 0 Å². The van der Waals surface area contributed by atoms with Crippen LogP contribution in [0.5, 0.6) is 0 Å². The fourth-order valence-electron chi connectivity index (χ4n) is 3.38. The smallest absolute Gasteiger partial charge is 0.326 e. The van der Waals surface area contributed by atoms with Crippen LogP contribution in [0.1, 0.15) is 42.5 Å². The van der Waals surface area contributed by atoms with Crippen molar-refractivity contribution in [2.24, 2.45) is 11.1 Å². The molecular weight excluding hydrogens is 381 g/mol. The third-order valence-electron chi connectivity index (χ3n) is 4.82. The molecule has 0 fully saturated rings. The number of nitroso groups, excluding NO2 is 1. The van der Waals surface area contributed by atoms with Gasteiger partial charge < -0.3 is 5.32 Å². The highest BCUT2D eigenvalue weighted by Crippen LogP contribution is 2.46. The Morgan fingerprint density at radius 2 is 1.69 bits per heavy atom. The Labute approximate surface area is 168 Å². The maximum Gasteiger partial charge on any atom is 0.421 e. The fourth-order valence-corrected chi connectivity index (χ4v) is 3.38. The van der Waals surface area contributed by atoms with Gasteiger partial charge in [0.15, 0.2) is 0 Å². The Kier molecular flexibility index (Phi) is 6.82. The number of anilines is 1. The molecule has 0 aliphatic heterocycles. The van der Waals surface area contributed by atoms with Gasteiger partial charge in [-0.05, 0) is 60.2 Å². The van der Waals surface area contributed by atoms with Gasteiger partial charge in [-0.2, -0.15) is 13.2 Å². The van der Waals surface area contributed by atoms with E-state index < -0.39 is 18.1 Å². The molecule has 1 atom stereocenters. The summed E-state index contributed by atoms with van der Waals surface area (Å²) < 4.78 is 41.0. The van der Waals surface area contributed by atoms with E-state index in [1.165, 1.54) is 24.3 Å². The standard InChI is InChI=1S/C22H25F3N2O2/c1-14(2)13-21(27-29,22(23,24)25)18-7-9-19(10-8-18)26-20(28)12-17-6-5-15(3)11-16(17)4/h5-11,14H,12-13H2,1-4H3,(H,26,28). The molecule has 2 aromatic rings. The lowest BCUT2D eigenvalue weighted by atomic mass is 9.82. The fraction of sp³-hybridized carbons (Fsp3) is 0.409. The van der Waals surface area contributed by atoms with Crippen molar-refractivity contribution in [1.29, 1.82) is 0 Å². The van der Waals surface area contributed by atoms with E-state index in [1.807, 2.05) is 32.0 Å². The van der Waals surface area contributed by atoms with Crippen molar-refractivity contribution in [1.82, 2.24) is 0 Å². The molecule has 0 heterocycles. The van der Waals surface area contributed by atoms with E-state index in [4.69, 9.17) is 0 Å². The molecular formula is C22H25F3N2O2. The zero-order chi connectivity index (χ0) is 21.8. The normalized spacial score (nSPS) is 13.8. The van der Waals surface area contributed by atoms with Crippen LogP contribution in [0.3, 0.4) is 0 Å². The van der Waals surface area contributed by atoms with Crippen molar-refractivity contribution in [3.05, 3.63) is 69.6 Å². The number of aryl methyl sites for hydroxylation is 2. The van der Waals surface area contributed by atoms with Crippen LogP contribution < -0.4 is 5.32 Å². The third-order valence-corrected chi connectivity index (χ3v) is 4.82. The summed E-state index contributed by atoms with van der Waals surface area (Å²) in [6, 6.07) is 10.9. The van der Waals surface area contributed by atoms with Crippen LogP contribution in [0, 0.1) is 24.7 Å². The van der Waals surface area contributed by atoms with Crippen LogP contribution >= 0.6 is 0 Å². The van der Waals surface area contributed by atoms with Gasteiger partial charge in [0, 0.05) is 5.69 Å². The zero-order valence-electron chi connectivity index (χ0n) is 16.9. The number of nitrogens with one attached hydrogen (secondary N) is 1. The van der Waals surface area contributed by atoms with Crippen LogP contribution in [0.15, 0.2) is 47.6 Å². The molecule has 0 aromatic heterocycles. The number of hydrogen-bond donors (Lipinski definition) is 1. The summed E-state index contributed by atoms with van der Waals surface area (Å²) in [5.74, 6) is -0.658. The lowest BCUT2D eigenvalue weighted by Gasteiger charge is -2.31. The van der Waals surface area contributed by atoms with Crippen LogP contribution in [0.4, 0.5) is 18.9 Å². The molecule has 0 bridgehead atoms. The molecule has 1 amide bonds. The van der Waals surface area contributed by atoms with Crippen molar-refractivity contribution in [3.8, 4) is 0 Å². The predicted molar refractivity (Wildman–Crippen MR) is 108 cm³/mol. The maximum absolute atomic E-state index is 13.7. The Morgan fingerprint density at radius 1 is 1.07 bits per heavy atom. The van der Waals surface area contributed by atoms with E-state index in [1.54, 1.807) is 13.8 Å². The summed E-state index contributed by atoms with van der Waals surface area (Å²) in [5, 5.41) is 5.18. The van der Waals surface area contributed by atoms with E-state index >= 15 is 0 Å². The van der Waals surface area contributed by atoms with Gasteiger partial charge in [-0.3, -0.25) is 4.79 Å². The first-order chi connectivity index (χ1) is 13.5. The average molecular weight is 406 g/mol. The summed E-state index contributed by atoms with van der Waals surface area (Å²) in [7, 11) is 0. The molecule has 0 radical (unpaired) electrons. The summed E-state index contributed by atoms with van der Waals surface area (Å²) in [6.45, 7) is 7.09. The highest BCUT2D eigenvalue weighted by molar-refractivity contribution is 5.92. The second-order valence-electron chi connectivity index (χ2n) is 7.78. The highest BCUT2D eigenvalue weighted by atomic mass is 19.4. The van der Waals surface area contributed by atoms with Crippen molar-refractivity contribution in [2.75, 3.05) is 5.32 Å². The molecule has 0 spiro atoms. The minimum atomic E-state index is -4.81. The van der Waals surface area contributed by atoms with Gasteiger partial charge in [-0.25, -0.2) is 0 Å². The molecule has 1 N–H and O–H groups in total. The maximum atomic E-state index is 13.7. The van der Waals surface area contributed by atoms with Gasteiger partial charge in [0.25, 0.3) is 0 Å². The minimum Gasteiger partial charge on any atom is -0.326 e. The van der Waals surface area contributed by atoms with Gasteiger partial charge in [0.1, 0.15) is 0 Å². The monoisotopic (exact) mass is 406 g/mol. The minimum absolute atomic E-state index is 0.156. The van der Waals surface area contributed by atoms with E-state index in [0.717, 1.165) is 16.7 Å². The molecule has 7 heteroatoms. The molecule has 2 aromatic carbocycles. The van der Waals surface area contributed by atoms with Crippen molar-refractivity contribution in [3.63, 3.8) is 0 Å². The Morgan fingerprint density at radius 3 is 2.17 bits per heavy atom. The molecule has 156 valence electrons. The predicted octanol–water partition coefficient (Wildman–Crippen LogP) is 6.05. The Hall–Kier alpha value is -2.70. The SMILES string of the molecule is Cc1ccc(CC(=O)Nc2ccc(C(CC(C)C)(N=O)C(F)(F)F)cc2)c(C)c1. The molecule has 29 heavy (non-hydrogen) atoms. The van der Waals surface area contributed by atoms with E-state index in [9.17, 15) is 22.9 Å². The van der Waals surface area contributed by atoms with Crippen molar-refractivity contribution in [2.45, 2.75) is 52.3 Å². The second kappa shape index (κ2) is 8.76. The van der Waals surface area contributed by atoms with Crippen LogP contribution in [0.2, 0.25) is 0 Å². The third kappa shape index (κ3) is 5.22. The van der Waals surface area contributed by atoms with Crippen LogP contribution in [-0.2, 0) is 16.8 Å². The number of hydrogen-bond acceptors (Lipinski definition) is 3. The number of rotatable bonds is 7. The number of amides is 1. The molecule has 4 nitrogen and oxygen atoms in total. The molecule has 2 rings (SSSR count). The highest BCUT2D eigenvalue weighted by Gasteiger charge is 2.58. The van der Waals surface area contributed by atoms with E-state index in [-0.39, 0.29) is 23.8 Å². The molecule has 0 aliphatic rings. The van der Waals surface area contributed by atoms with Gasteiger partial charge in [-0.15, -0.1) is 4.91 Å². The number of carbonyl (C=O) groups is 1. The molecule has 0 aliphatic carbocycles. The van der Waals surface area contributed by atoms with Gasteiger partial charge in [0.05, 0.1) is 6.42 Å². The molecule has 0 saturated carbocycles. The Bertz CT molecular complexity index is 877. The first-order valence-corrected chi connectivity index (χ1v) is 9.36.